The van der Waals surface area contributed by atoms with Crippen LogP contribution in [0.2, 0.25) is 5.02 Å². The van der Waals surface area contributed by atoms with Gasteiger partial charge in [0.05, 0.1) is 10.6 Å². The van der Waals surface area contributed by atoms with Gasteiger partial charge in [0.15, 0.2) is 0 Å². The fourth-order valence-corrected chi connectivity index (χ4v) is 3.59. The van der Waals surface area contributed by atoms with Crippen LogP contribution in [-0.2, 0) is 4.79 Å². The van der Waals surface area contributed by atoms with Gasteiger partial charge in [-0.2, -0.15) is 13.2 Å². The number of carbonyl (C=O) groups excluding carboxylic acids is 2. The lowest BCUT2D eigenvalue weighted by molar-refractivity contribution is -0.166. The number of alkyl halides is 3. The first-order valence-corrected chi connectivity index (χ1v) is 10.3. The van der Waals surface area contributed by atoms with Crippen molar-refractivity contribution in [1.29, 1.82) is 0 Å². The van der Waals surface area contributed by atoms with Gasteiger partial charge in [-0.25, -0.2) is 0 Å². The summed E-state index contributed by atoms with van der Waals surface area (Å²) in [5.41, 5.74) is 5.04. The molecule has 4 nitrogen and oxygen atoms in total. The SMILES string of the molecule is O=C(NN/C1=C(\C(=O)C(F)(F)F)CCCCCCCCCC1)c1ccccc1Cl. The van der Waals surface area contributed by atoms with E-state index in [2.05, 4.69) is 10.9 Å². The zero-order valence-corrected chi connectivity index (χ0v) is 17.0. The molecule has 0 atom stereocenters. The van der Waals surface area contributed by atoms with Crippen molar-refractivity contribution in [1.82, 2.24) is 10.9 Å². The highest BCUT2D eigenvalue weighted by molar-refractivity contribution is 6.33. The first kappa shape index (κ1) is 23.3. The molecular formula is C21H26ClF3N2O2. The second-order valence-corrected chi connectivity index (χ2v) is 7.58. The highest BCUT2D eigenvalue weighted by Gasteiger charge is 2.41. The molecule has 2 N–H and O–H groups in total. The monoisotopic (exact) mass is 430 g/mol. The van der Waals surface area contributed by atoms with Crippen molar-refractivity contribution in [3.05, 3.63) is 46.1 Å². The Bertz CT molecular complexity index is 748. The van der Waals surface area contributed by atoms with Crippen molar-refractivity contribution in [2.24, 2.45) is 0 Å². The van der Waals surface area contributed by atoms with Crippen molar-refractivity contribution < 1.29 is 22.8 Å². The van der Waals surface area contributed by atoms with E-state index in [4.69, 9.17) is 11.6 Å². The molecule has 0 saturated heterocycles. The number of carbonyl (C=O) groups is 2. The third-order valence-electron chi connectivity index (χ3n) is 4.94. The fraction of sp³-hybridized carbons (Fsp3) is 0.524. The number of amides is 1. The normalized spacial score (nSPS) is 19.6. The van der Waals surface area contributed by atoms with Crippen molar-refractivity contribution in [2.45, 2.75) is 70.4 Å². The Morgan fingerprint density at radius 1 is 0.862 bits per heavy atom. The summed E-state index contributed by atoms with van der Waals surface area (Å²) in [5, 5.41) is 0.228. The Kier molecular flexibility index (Phi) is 9.01. The number of hydrazine groups is 1. The molecule has 1 aliphatic rings. The summed E-state index contributed by atoms with van der Waals surface area (Å²) in [6.45, 7) is 0. The molecule has 0 fully saturated rings. The lowest BCUT2D eigenvalue weighted by Gasteiger charge is -2.19. The molecule has 0 aliphatic heterocycles. The first-order valence-electron chi connectivity index (χ1n) is 9.95. The molecular weight excluding hydrogens is 405 g/mol. The van der Waals surface area contributed by atoms with E-state index in [0.717, 1.165) is 38.5 Å². The Balaban J connectivity index is 2.24. The number of allylic oxidation sites excluding steroid dienone is 2. The standard InChI is InChI=1S/C21H26ClF3N2O2/c22-17-13-10-9-11-15(17)20(29)27-26-18-14-8-6-4-2-1-3-5-7-12-16(18)19(28)21(23,24)25/h9-11,13,26H,1-8,12,14H2,(H,27,29)/b18-16-. The highest BCUT2D eigenvalue weighted by Crippen LogP contribution is 2.28. The van der Waals surface area contributed by atoms with Gasteiger partial charge in [-0.3, -0.25) is 15.0 Å². The van der Waals surface area contributed by atoms with Crippen LogP contribution in [0.3, 0.4) is 0 Å². The summed E-state index contributed by atoms with van der Waals surface area (Å²) in [5.74, 6) is -2.42. The van der Waals surface area contributed by atoms with Crippen molar-refractivity contribution >= 4 is 23.3 Å². The van der Waals surface area contributed by atoms with Gasteiger partial charge in [-0.15, -0.1) is 0 Å². The number of nitrogens with one attached hydrogen (secondary N) is 2. The lowest BCUT2D eigenvalue weighted by atomic mass is 9.96. The van der Waals surface area contributed by atoms with E-state index in [9.17, 15) is 22.8 Å². The first-order chi connectivity index (χ1) is 13.8. The van der Waals surface area contributed by atoms with E-state index in [1.165, 1.54) is 6.07 Å². The molecule has 0 aromatic heterocycles. The van der Waals surface area contributed by atoms with Gasteiger partial charge in [-0.1, -0.05) is 62.3 Å². The predicted octanol–water partition coefficient (Wildman–Crippen LogP) is 5.87. The number of rotatable bonds is 4. The zero-order valence-electron chi connectivity index (χ0n) is 16.2. The van der Waals surface area contributed by atoms with Crippen LogP contribution in [0.1, 0.15) is 74.6 Å². The minimum atomic E-state index is -4.95. The van der Waals surface area contributed by atoms with Crippen LogP contribution in [0.4, 0.5) is 13.2 Å². The average Bonchev–Trinajstić information content (AvgIpc) is 2.66. The minimum absolute atomic E-state index is 0.0304. The van der Waals surface area contributed by atoms with E-state index in [1.807, 2.05) is 0 Å². The van der Waals surface area contributed by atoms with E-state index < -0.39 is 17.9 Å². The van der Waals surface area contributed by atoms with E-state index in [1.54, 1.807) is 18.2 Å². The van der Waals surface area contributed by atoms with E-state index >= 15 is 0 Å². The third-order valence-corrected chi connectivity index (χ3v) is 5.27. The van der Waals surface area contributed by atoms with Crippen molar-refractivity contribution in [3.8, 4) is 0 Å². The molecule has 2 rings (SSSR count). The molecule has 1 aromatic carbocycles. The third kappa shape index (κ3) is 7.38. The summed E-state index contributed by atoms with van der Waals surface area (Å²) in [4.78, 5) is 24.4. The lowest BCUT2D eigenvalue weighted by Crippen LogP contribution is -2.39. The van der Waals surface area contributed by atoms with Crippen LogP contribution in [0.25, 0.3) is 0 Å². The maximum atomic E-state index is 13.2. The Hall–Kier alpha value is -2.02. The molecule has 0 spiro atoms. The summed E-state index contributed by atoms with van der Waals surface area (Å²) in [6.07, 6.45) is 2.22. The topological polar surface area (TPSA) is 58.2 Å². The summed E-state index contributed by atoms with van der Waals surface area (Å²) >= 11 is 6.00. The smallest absolute Gasteiger partial charge is 0.302 e. The maximum absolute atomic E-state index is 13.2. The minimum Gasteiger partial charge on any atom is -0.302 e. The summed E-state index contributed by atoms with van der Waals surface area (Å²) in [7, 11) is 0. The van der Waals surface area contributed by atoms with Crippen molar-refractivity contribution in [2.75, 3.05) is 0 Å². The molecule has 1 aromatic rings. The highest BCUT2D eigenvalue weighted by atomic mass is 35.5. The summed E-state index contributed by atoms with van der Waals surface area (Å²) in [6, 6.07) is 6.36. The van der Waals surface area contributed by atoms with Crippen molar-refractivity contribution in [3.63, 3.8) is 0 Å². The Morgan fingerprint density at radius 2 is 1.41 bits per heavy atom. The largest absolute Gasteiger partial charge is 0.454 e. The predicted molar refractivity (Wildman–Crippen MR) is 106 cm³/mol. The molecule has 0 heterocycles. The fourth-order valence-electron chi connectivity index (χ4n) is 3.37. The number of hydrogen-bond donors (Lipinski definition) is 2. The van der Waals surface area contributed by atoms with Crippen LogP contribution in [-0.4, -0.2) is 17.9 Å². The number of benzene rings is 1. The van der Waals surface area contributed by atoms with Gasteiger partial charge in [-0.05, 0) is 37.8 Å². The molecule has 0 bridgehead atoms. The van der Waals surface area contributed by atoms with Crippen LogP contribution in [0, 0.1) is 0 Å². The molecule has 0 unspecified atom stereocenters. The molecule has 8 heteroatoms. The second-order valence-electron chi connectivity index (χ2n) is 7.17. The molecule has 0 radical (unpaired) electrons. The van der Waals surface area contributed by atoms with E-state index in [-0.39, 0.29) is 34.7 Å². The van der Waals surface area contributed by atoms with Gasteiger partial charge in [0.2, 0.25) is 0 Å². The zero-order chi connectivity index (χ0) is 21.3. The quantitative estimate of drug-likeness (QED) is 0.587. The van der Waals surface area contributed by atoms with Crippen LogP contribution in [0.15, 0.2) is 35.5 Å². The van der Waals surface area contributed by atoms with Gasteiger partial charge in [0.1, 0.15) is 0 Å². The number of halogens is 4. The van der Waals surface area contributed by atoms with Crippen LogP contribution in [0.5, 0.6) is 0 Å². The van der Waals surface area contributed by atoms with Crippen LogP contribution >= 0.6 is 11.6 Å². The molecule has 1 amide bonds. The number of ketones is 1. The Labute approximate surface area is 173 Å². The van der Waals surface area contributed by atoms with Gasteiger partial charge >= 0.3 is 6.18 Å². The molecule has 29 heavy (non-hydrogen) atoms. The summed E-state index contributed by atoms with van der Waals surface area (Å²) < 4.78 is 39.5. The van der Waals surface area contributed by atoms with E-state index in [0.29, 0.717) is 12.8 Å². The molecule has 1 aliphatic carbocycles. The average molecular weight is 431 g/mol. The van der Waals surface area contributed by atoms with Gasteiger partial charge in [0.25, 0.3) is 11.7 Å². The molecule has 0 saturated carbocycles. The van der Waals surface area contributed by atoms with Gasteiger partial charge < -0.3 is 5.43 Å². The maximum Gasteiger partial charge on any atom is 0.454 e. The Morgan fingerprint density at radius 3 is 2.00 bits per heavy atom. The molecule has 160 valence electrons. The van der Waals surface area contributed by atoms with Gasteiger partial charge in [0, 0.05) is 11.3 Å². The number of hydrogen-bond acceptors (Lipinski definition) is 3. The number of Topliss-reactive ketones (excluding diaryl/α,β-unsaturated/α-hetero) is 1. The second kappa shape index (κ2) is 11.2. The van der Waals surface area contributed by atoms with Crippen LogP contribution < -0.4 is 10.9 Å².